The molecule has 6 heteroatoms. The quantitative estimate of drug-likeness (QED) is 0.623. The third kappa shape index (κ3) is 1.57. The second-order valence-corrected chi connectivity index (χ2v) is 6.28. The molecule has 5 atom stereocenters. The van der Waals surface area contributed by atoms with Crippen LogP contribution in [0.15, 0.2) is 0 Å². The Morgan fingerprint density at radius 2 is 1.78 bits per heavy atom. The van der Waals surface area contributed by atoms with Gasteiger partial charge in [-0.15, -0.1) is 0 Å². The third-order valence-corrected chi connectivity index (χ3v) is 3.96. The lowest BCUT2D eigenvalue weighted by Crippen LogP contribution is -2.57. The third-order valence-electron chi connectivity index (χ3n) is 3.96. The molecule has 2 saturated heterocycles. The highest BCUT2D eigenvalue weighted by molar-refractivity contribution is 5.18. The Kier molecular flexibility index (Phi) is 2.45. The topological polar surface area (TPSA) is 83.2 Å². The molecule has 6 nitrogen and oxygen atoms in total. The van der Waals surface area contributed by atoms with Crippen molar-refractivity contribution in [2.45, 2.75) is 69.2 Å². The fourth-order valence-electron chi connectivity index (χ4n) is 3.21. The zero-order valence-electron chi connectivity index (χ0n) is 11.2. The van der Waals surface area contributed by atoms with Crippen LogP contribution in [0.1, 0.15) is 27.7 Å². The molecule has 1 aliphatic carbocycles. The average Bonchev–Trinajstić information content (AvgIpc) is 2.78. The van der Waals surface area contributed by atoms with Gasteiger partial charge in [0.05, 0.1) is 12.6 Å². The zero-order valence-corrected chi connectivity index (χ0v) is 11.2. The number of hydrogen-bond donors (Lipinski definition) is 2. The minimum atomic E-state index is -0.832. The van der Waals surface area contributed by atoms with E-state index < -0.39 is 41.5 Å². The van der Waals surface area contributed by atoms with Crippen LogP contribution in [0, 0.1) is 0 Å². The Bertz CT molecular complexity index is 369. The molecule has 3 N–H and O–H groups in total. The van der Waals surface area contributed by atoms with E-state index in [2.05, 4.69) is 0 Å². The first-order chi connectivity index (χ1) is 8.17. The summed E-state index contributed by atoms with van der Waals surface area (Å²) < 4.78 is 23.2. The van der Waals surface area contributed by atoms with Gasteiger partial charge in [-0.3, -0.25) is 0 Å². The average molecular weight is 259 g/mol. The van der Waals surface area contributed by atoms with Crippen molar-refractivity contribution in [1.82, 2.24) is 0 Å². The van der Waals surface area contributed by atoms with Crippen molar-refractivity contribution in [1.29, 1.82) is 0 Å². The summed E-state index contributed by atoms with van der Waals surface area (Å²) in [6, 6.07) is -0.578. The van der Waals surface area contributed by atoms with E-state index in [0.717, 1.165) is 0 Å². The van der Waals surface area contributed by atoms with Crippen molar-refractivity contribution in [3.05, 3.63) is 0 Å². The van der Waals surface area contributed by atoms with Crippen LogP contribution in [0.3, 0.4) is 0 Å². The lowest BCUT2D eigenvalue weighted by molar-refractivity contribution is -0.215. The molecule has 3 fully saturated rings. The minimum absolute atomic E-state index is 0.304. The summed E-state index contributed by atoms with van der Waals surface area (Å²) in [4.78, 5) is 0. The van der Waals surface area contributed by atoms with Crippen LogP contribution in [-0.4, -0.2) is 53.2 Å². The summed E-state index contributed by atoms with van der Waals surface area (Å²) in [6.07, 6.45) is -1.68. The molecular formula is C12H21NO5. The zero-order chi connectivity index (χ0) is 13.3. The van der Waals surface area contributed by atoms with Gasteiger partial charge in [0.2, 0.25) is 0 Å². The minimum Gasteiger partial charge on any atom is -0.389 e. The largest absolute Gasteiger partial charge is 0.389 e. The van der Waals surface area contributed by atoms with Gasteiger partial charge in [-0.1, -0.05) is 0 Å². The van der Waals surface area contributed by atoms with Crippen LogP contribution in [0.4, 0.5) is 0 Å². The molecule has 0 amide bonds. The second-order valence-electron chi connectivity index (χ2n) is 6.28. The van der Waals surface area contributed by atoms with Crippen molar-refractivity contribution in [3.63, 3.8) is 0 Å². The summed E-state index contributed by atoms with van der Waals surface area (Å²) >= 11 is 0. The normalized spacial score (nSPS) is 53.0. The number of aliphatic hydroxyl groups excluding tert-OH is 1. The molecule has 3 rings (SSSR count). The monoisotopic (exact) mass is 259 g/mol. The number of hydrogen-bond acceptors (Lipinski definition) is 6. The number of aliphatic hydroxyl groups is 1. The number of ether oxygens (including phenoxy) is 4. The van der Waals surface area contributed by atoms with Crippen LogP contribution in [0.25, 0.3) is 0 Å². The van der Waals surface area contributed by atoms with Gasteiger partial charge in [-0.05, 0) is 27.7 Å². The first-order valence-corrected chi connectivity index (χ1v) is 6.30. The molecule has 3 aliphatic rings. The number of fused-ring (bicyclic) bond motifs is 2. The van der Waals surface area contributed by atoms with Gasteiger partial charge in [0.1, 0.15) is 23.9 Å². The van der Waals surface area contributed by atoms with Gasteiger partial charge in [0.15, 0.2) is 11.6 Å². The maximum atomic E-state index is 10.2. The van der Waals surface area contributed by atoms with Gasteiger partial charge < -0.3 is 29.8 Å². The summed E-state index contributed by atoms with van der Waals surface area (Å²) in [6.45, 7) is 7.60. The molecule has 2 aliphatic heterocycles. The Labute approximate surface area is 106 Å². The van der Waals surface area contributed by atoms with E-state index in [0.29, 0.717) is 6.61 Å². The van der Waals surface area contributed by atoms with Crippen molar-refractivity contribution < 1.29 is 24.1 Å². The molecule has 1 spiro atoms. The van der Waals surface area contributed by atoms with E-state index in [9.17, 15) is 5.11 Å². The van der Waals surface area contributed by atoms with E-state index in [-0.39, 0.29) is 0 Å². The molecule has 104 valence electrons. The maximum absolute atomic E-state index is 10.2. The fraction of sp³-hybridized carbons (Fsp3) is 1.00. The Balaban J connectivity index is 1.95. The van der Waals surface area contributed by atoms with Crippen molar-refractivity contribution >= 4 is 0 Å². The van der Waals surface area contributed by atoms with Crippen LogP contribution < -0.4 is 5.73 Å². The van der Waals surface area contributed by atoms with Crippen LogP contribution in [-0.2, 0) is 18.9 Å². The molecule has 0 aromatic carbocycles. The van der Waals surface area contributed by atoms with E-state index in [4.69, 9.17) is 24.7 Å². The van der Waals surface area contributed by atoms with E-state index in [1.54, 1.807) is 0 Å². The van der Waals surface area contributed by atoms with E-state index >= 15 is 0 Å². The number of nitrogens with two attached hydrogens (primary N) is 1. The van der Waals surface area contributed by atoms with Gasteiger partial charge >= 0.3 is 0 Å². The van der Waals surface area contributed by atoms with Gasteiger partial charge in [0, 0.05) is 0 Å². The Hall–Kier alpha value is -0.240. The fourth-order valence-corrected chi connectivity index (χ4v) is 3.21. The van der Waals surface area contributed by atoms with Crippen LogP contribution >= 0.6 is 0 Å². The maximum Gasteiger partial charge on any atom is 0.164 e. The lowest BCUT2D eigenvalue weighted by Gasteiger charge is -2.34. The second kappa shape index (κ2) is 3.45. The molecule has 2 heterocycles. The molecule has 0 bridgehead atoms. The van der Waals surface area contributed by atoms with E-state index in [1.807, 2.05) is 27.7 Å². The predicted octanol–water partition coefficient (Wildman–Crippen LogP) is -0.270. The molecule has 0 aromatic heterocycles. The van der Waals surface area contributed by atoms with Crippen molar-refractivity contribution in [2.75, 3.05) is 6.61 Å². The van der Waals surface area contributed by atoms with E-state index in [1.165, 1.54) is 0 Å². The van der Waals surface area contributed by atoms with Gasteiger partial charge in [-0.25, -0.2) is 0 Å². The summed E-state index contributed by atoms with van der Waals surface area (Å²) in [5, 5.41) is 10.2. The van der Waals surface area contributed by atoms with Gasteiger partial charge in [-0.2, -0.15) is 0 Å². The van der Waals surface area contributed by atoms with Crippen LogP contribution in [0.5, 0.6) is 0 Å². The first-order valence-electron chi connectivity index (χ1n) is 6.30. The molecule has 0 aromatic rings. The highest BCUT2D eigenvalue weighted by Gasteiger charge is 2.70. The smallest absolute Gasteiger partial charge is 0.164 e. The molecule has 1 saturated carbocycles. The van der Waals surface area contributed by atoms with Crippen LogP contribution in [0.2, 0.25) is 0 Å². The lowest BCUT2D eigenvalue weighted by atomic mass is 9.96. The summed E-state index contributed by atoms with van der Waals surface area (Å²) in [7, 11) is 0. The summed E-state index contributed by atoms with van der Waals surface area (Å²) in [5.41, 5.74) is 5.27. The van der Waals surface area contributed by atoms with Crippen molar-refractivity contribution in [2.24, 2.45) is 5.73 Å². The molecule has 18 heavy (non-hydrogen) atoms. The highest BCUT2D eigenvalue weighted by atomic mass is 16.8. The SMILES string of the molecule is CC1(C)O[C@H]2[C@@H](O)[C@@H](N)[C@@]3(COC(C)(C)O3)[C@H]2O1. The predicted molar refractivity (Wildman–Crippen MR) is 61.7 cm³/mol. The highest BCUT2D eigenvalue weighted by Crippen LogP contribution is 2.49. The first kappa shape index (κ1) is 12.8. The van der Waals surface area contributed by atoms with Crippen molar-refractivity contribution in [3.8, 4) is 0 Å². The molecular weight excluding hydrogens is 238 g/mol. The Morgan fingerprint density at radius 1 is 1.11 bits per heavy atom. The Morgan fingerprint density at radius 3 is 2.33 bits per heavy atom. The summed E-state index contributed by atoms with van der Waals surface area (Å²) in [5.74, 6) is -1.46. The standard InChI is InChI=1S/C12H21NO5/c1-10(2)15-5-12(18-10)8(13)6(14)7-9(12)17-11(3,4)16-7/h6-9,14H,5,13H2,1-4H3/t6-,7+,8-,9+,12+/m1/s1. The van der Waals surface area contributed by atoms with Gasteiger partial charge in [0.25, 0.3) is 0 Å². The molecule has 0 unspecified atom stereocenters. The number of rotatable bonds is 0. The molecule has 0 radical (unpaired) electrons.